The van der Waals surface area contributed by atoms with Crippen LogP contribution >= 0.6 is 0 Å². The molecule has 8 nitrogen and oxygen atoms in total. The van der Waals surface area contributed by atoms with Crippen molar-refractivity contribution in [2.24, 2.45) is 0 Å². The molecule has 1 amide bonds. The predicted octanol–water partition coefficient (Wildman–Crippen LogP) is 4.49. The normalized spacial score (nSPS) is 10.5. The fourth-order valence-electron chi connectivity index (χ4n) is 2.87. The number of carbonyl (C=O) groups excluding carboxylic acids is 1. The first kappa shape index (κ1) is 21.2. The summed E-state index contributed by atoms with van der Waals surface area (Å²) >= 11 is 0. The summed E-state index contributed by atoms with van der Waals surface area (Å²) in [4.78, 5) is 17.1. The van der Waals surface area contributed by atoms with Crippen molar-refractivity contribution in [1.29, 1.82) is 0 Å². The van der Waals surface area contributed by atoms with E-state index in [1.807, 2.05) is 26.8 Å². The highest BCUT2D eigenvalue weighted by Gasteiger charge is 2.19. The van der Waals surface area contributed by atoms with Gasteiger partial charge in [0, 0.05) is 16.8 Å². The van der Waals surface area contributed by atoms with Crippen LogP contribution in [0.25, 0.3) is 11.5 Å². The van der Waals surface area contributed by atoms with Crippen molar-refractivity contribution in [3.63, 3.8) is 0 Å². The van der Waals surface area contributed by atoms with Gasteiger partial charge in [-0.3, -0.25) is 4.79 Å². The number of hydrogen-bond donors (Lipinski definition) is 1. The van der Waals surface area contributed by atoms with Gasteiger partial charge in [0.25, 0.3) is 11.8 Å². The second kappa shape index (κ2) is 9.78. The molecule has 0 saturated heterocycles. The van der Waals surface area contributed by atoms with Gasteiger partial charge in [-0.1, -0.05) is 11.2 Å². The van der Waals surface area contributed by atoms with Gasteiger partial charge < -0.3 is 24.1 Å². The molecule has 1 heterocycles. The summed E-state index contributed by atoms with van der Waals surface area (Å²) in [6.45, 7) is 8.68. The largest absolute Gasteiger partial charge is 0.490 e. The van der Waals surface area contributed by atoms with E-state index in [9.17, 15) is 4.79 Å². The highest BCUT2D eigenvalue weighted by Crippen LogP contribution is 2.39. The van der Waals surface area contributed by atoms with Crippen LogP contribution < -0.4 is 19.5 Å². The van der Waals surface area contributed by atoms with E-state index in [0.717, 1.165) is 0 Å². The van der Waals surface area contributed by atoms with Crippen molar-refractivity contribution in [2.45, 2.75) is 27.7 Å². The monoisotopic (exact) mass is 411 g/mol. The molecule has 0 aliphatic rings. The van der Waals surface area contributed by atoms with Crippen molar-refractivity contribution in [2.75, 3.05) is 25.1 Å². The Hall–Kier alpha value is -3.55. The van der Waals surface area contributed by atoms with Crippen LogP contribution in [0, 0.1) is 6.92 Å². The highest BCUT2D eigenvalue weighted by molar-refractivity contribution is 6.05. The van der Waals surface area contributed by atoms with Crippen LogP contribution in [0.15, 0.2) is 40.9 Å². The zero-order chi connectivity index (χ0) is 21.5. The van der Waals surface area contributed by atoms with Crippen molar-refractivity contribution < 1.29 is 23.5 Å². The van der Waals surface area contributed by atoms with Crippen LogP contribution in [0.3, 0.4) is 0 Å². The maximum absolute atomic E-state index is 12.9. The lowest BCUT2D eigenvalue weighted by Crippen LogP contribution is -2.13. The Labute approximate surface area is 175 Å². The Balaban J connectivity index is 1.89. The summed E-state index contributed by atoms with van der Waals surface area (Å²) in [5, 5.41) is 6.68. The Morgan fingerprint density at radius 2 is 1.67 bits per heavy atom. The first-order chi connectivity index (χ1) is 14.5. The zero-order valence-electron chi connectivity index (χ0n) is 17.5. The van der Waals surface area contributed by atoms with E-state index in [1.165, 1.54) is 0 Å². The first-order valence-corrected chi connectivity index (χ1v) is 9.84. The molecule has 2 aromatic carbocycles. The first-order valence-electron chi connectivity index (χ1n) is 9.84. The van der Waals surface area contributed by atoms with Crippen LogP contribution in [0.1, 0.15) is 37.0 Å². The molecule has 8 heteroatoms. The molecule has 0 aliphatic carbocycles. The van der Waals surface area contributed by atoms with Gasteiger partial charge in [0.1, 0.15) is 0 Å². The maximum Gasteiger partial charge on any atom is 0.257 e. The van der Waals surface area contributed by atoms with Crippen LogP contribution in [-0.2, 0) is 0 Å². The van der Waals surface area contributed by atoms with Crippen LogP contribution in [0.4, 0.5) is 5.69 Å². The fraction of sp³-hybridized carbons (Fsp3) is 0.318. The average molecular weight is 411 g/mol. The summed E-state index contributed by atoms with van der Waals surface area (Å²) in [5.74, 6) is 2.05. The summed E-state index contributed by atoms with van der Waals surface area (Å²) in [6, 6.07) is 10.5. The van der Waals surface area contributed by atoms with Crippen molar-refractivity contribution in [3.8, 4) is 28.7 Å². The summed E-state index contributed by atoms with van der Waals surface area (Å²) in [6.07, 6.45) is 0. The van der Waals surface area contributed by atoms with Crippen molar-refractivity contribution in [1.82, 2.24) is 10.1 Å². The number of nitrogens with zero attached hydrogens (tertiary/aromatic N) is 2. The minimum atomic E-state index is -0.307. The van der Waals surface area contributed by atoms with Gasteiger partial charge >= 0.3 is 0 Å². The number of rotatable bonds is 9. The molecule has 3 rings (SSSR count). The minimum absolute atomic E-state index is 0.307. The van der Waals surface area contributed by atoms with E-state index in [2.05, 4.69) is 15.5 Å². The molecule has 0 saturated carbocycles. The lowest BCUT2D eigenvalue weighted by molar-refractivity contribution is 0.102. The molecule has 0 fully saturated rings. The predicted molar refractivity (Wildman–Crippen MR) is 112 cm³/mol. The molecule has 1 N–H and O–H groups in total. The third-order valence-corrected chi connectivity index (χ3v) is 4.07. The Bertz CT molecular complexity index is 989. The van der Waals surface area contributed by atoms with Gasteiger partial charge in [-0.2, -0.15) is 4.98 Å². The molecule has 0 unspecified atom stereocenters. The molecule has 0 spiro atoms. The number of anilines is 1. The van der Waals surface area contributed by atoms with Gasteiger partial charge in [-0.15, -0.1) is 0 Å². The molecule has 158 valence electrons. The average Bonchev–Trinajstić information content (AvgIpc) is 3.17. The van der Waals surface area contributed by atoms with Crippen LogP contribution in [-0.4, -0.2) is 35.9 Å². The molecule has 0 radical (unpaired) electrons. The van der Waals surface area contributed by atoms with Gasteiger partial charge in [-0.25, -0.2) is 0 Å². The number of aromatic nitrogens is 2. The molecule has 0 bridgehead atoms. The lowest BCUT2D eigenvalue weighted by Gasteiger charge is -2.17. The summed E-state index contributed by atoms with van der Waals surface area (Å²) in [7, 11) is 0. The number of benzene rings is 2. The molecule has 1 aromatic heterocycles. The maximum atomic E-state index is 12.9. The number of carbonyl (C=O) groups is 1. The van der Waals surface area contributed by atoms with Gasteiger partial charge in [-0.05, 0) is 58.0 Å². The number of aryl methyl sites for hydroxylation is 1. The number of nitrogens with one attached hydrogen (secondary N) is 1. The van der Waals surface area contributed by atoms with Gasteiger partial charge in [0.05, 0.1) is 19.8 Å². The third kappa shape index (κ3) is 4.89. The van der Waals surface area contributed by atoms with E-state index in [-0.39, 0.29) is 5.91 Å². The van der Waals surface area contributed by atoms with Crippen LogP contribution in [0.2, 0.25) is 0 Å². The lowest BCUT2D eigenvalue weighted by atomic mass is 10.1. The third-order valence-electron chi connectivity index (χ3n) is 4.07. The number of hydrogen-bond acceptors (Lipinski definition) is 7. The Kier molecular flexibility index (Phi) is 6.90. The second-order valence-corrected chi connectivity index (χ2v) is 6.28. The molecule has 30 heavy (non-hydrogen) atoms. The van der Waals surface area contributed by atoms with E-state index in [1.54, 1.807) is 37.3 Å². The SMILES string of the molecule is CCOc1cc(C(=O)Nc2cccc(-c3nc(C)no3)c2)cc(OCC)c1OCC. The van der Waals surface area contributed by atoms with Crippen molar-refractivity contribution >= 4 is 11.6 Å². The van der Waals surface area contributed by atoms with Crippen LogP contribution in [0.5, 0.6) is 17.2 Å². The highest BCUT2D eigenvalue weighted by atomic mass is 16.5. The Morgan fingerprint density at radius 3 is 2.23 bits per heavy atom. The van der Waals surface area contributed by atoms with Gasteiger partial charge in [0.2, 0.25) is 5.75 Å². The minimum Gasteiger partial charge on any atom is -0.490 e. The smallest absolute Gasteiger partial charge is 0.257 e. The second-order valence-electron chi connectivity index (χ2n) is 6.28. The molecular weight excluding hydrogens is 386 g/mol. The topological polar surface area (TPSA) is 95.7 Å². The molecule has 0 atom stereocenters. The van der Waals surface area contributed by atoms with Gasteiger partial charge in [0.15, 0.2) is 17.3 Å². The van der Waals surface area contributed by atoms with Crippen molar-refractivity contribution in [3.05, 3.63) is 47.8 Å². The zero-order valence-corrected chi connectivity index (χ0v) is 17.5. The number of amides is 1. The van der Waals surface area contributed by atoms with E-state index >= 15 is 0 Å². The fourth-order valence-corrected chi connectivity index (χ4v) is 2.87. The summed E-state index contributed by atoms with van der Waals surface area (Å²) in [5.41, 5.74) is 1.70. The quantitative estimate of drug-likeness (QED) is 0.554. The summed E-state index contributed by atoms with van der Waals surface area (Å²) < 4.78 is 22.3. The number of ether oxygens (including phenoxy) is 3. The Morgan fingerprint density at radius 1 is 1.00 bits per heavy atom. The van der Waals surface area contributed by atoms with E-state index in [4.69, 9.17) is 18.7 Å². The standard InChI is InChI=1S/C22H25N3O5/c1-5-27-18-12-16(13-19(28-6-2)20(18)29-7-3)21(26)24-17-10-8-9-15(11-17)22-23-14(4)25-30-22/h8-13H,5-7H2,1-4H3,(H,24,26). The molecule has 0 aliphatic heterocycles. The van der Waals surface area contributed by atoms with E-state index < -0.39 is 0 Å². The van der Waals surface area contributed by atoms with E-state index in [0.29, 0.717) is 65.6 Å². The molecule has 3 aromatic rings. The molecular formula is C22H25N3O5.